The van der Waals surface area contributed by atoms with Crippen LogP contribution in [0.3, 0.4) is 0 Å². The Morgan fingerprint density at radius 3 is 2.45 bits per heavy atom. The van der Waals surface area contributed by atoms with Crippen molar-refractivity contribution in [2.24, 2.45) is 10.1 Å². The van der Waals surface area contributed by atoms with Crippen LogP contribution in [0.25, 0.3) is 21.3 Å². The Morgan fingerprint density at radius 1 is 0.862 bits per heavy atom. The molecule has 5 aromatic rings. The fourth-order valence-electron chi connectivity index (χ4n) is 2.92. The molecule has 0 saturated heterocycles. The van der Waals surface area contributed by atoms with E-state index in [-0.39, 0.29) is 0 Å². The second-order valence-electron chi connectivity index (χ2n) is 6.29. The van der Waals surface area contributed by atoms with Gasteiger partial charge in [0.05, 0.1) is 33.2 Å². The number of fused-ring (bicyclic) bond motifs is 2. The number of aliphatic imine (C=N–C) groups is 1. The first-order valence-corrected chi connectivity index (χ1v) is 9.90. The van der Waals surface area contributed by atoms with Gasteiger partial charge in [0, 0.05) is 0 Å². The second kappa shape index (κ2) is 7.65. The number of rotatable bonds is 4. The van der Waals surface area contributed by atoms with Crippen molar-refractivity contribution in [2.75, 3.05) is 0 Å². The Labute approximate surface area is 170 Å². The monoisotopic (exact) mass is 396 g/mol. The molecule has 0 radical (unpaired) electrons. The molecule has 0 fully saturated rings. The molecule has 2 N–H and O–H groups in total. The van der Waals surface area contributed by atoms with E-state index in [2.05, 4.69) is 36.5 Å². The summed E-state index contributed by atoms with van der Waals surface area (Å²) >= 11 is 1.59. The number of nitrogens with one attached hydrogen (secondary N) is 2. The molecule has 140 valence electrons. The zero-order valence-electron chi connectivity index (χ0n) is 15.3. The molecule has 0 bridgehead atoms. The highest BCUT2D eigenvalue weighted by Crippen LogP contribution is 2.20. The van der Waals surface area contributed by atoms with Crippen LogP contribution in [0.4, 0.5) is 5.69 Å². The zero-order valence-corrected chi connectivity index (χ0v) is 16.1. The van der Waals surface area contributed by atoms with Crippen LogP contribution in [0.5, 0.6) is 0 Å². The number of thiazole rings is 1. The average Bonchev–Trinajstić information content (AvgIpc) is 3.37. The molecule has 2 heterocycles. The highest BCUT2D eigenvalue weighted by molar-refractivity contribution is 7.20. The predicted octanol–water partition coefficient (Wildman–Crippen LogP) is 4.87. The van der Waals surface area contributed by atoms with Crippen molar-refractivity contribution in [3.8, 4) is 0 Å². The Balaban J connectivity index is 1.47. The largest absolute Gasteiger partial charge is 0.335 e. The minimum Gasteiger partial charge on any atom is -0.335 e. The number of aromatic amines is 1. The molecule has 7 heteroatoms. The molecule has 0 aliphatic rings. The van der Waals surface area contributed by atoms with Crippen molar-refractivity contribution >= 4 is 50.3 Å². The van der Waals surface area contributed by atoms with Crippen molar-refractivity contribution in [3.63, 3.8) is 0 Å². The number of amidine groups is 1. The maximum absolute atomic E-state index is 4.68. The first-order chi connectivity index (χ1) is 14.3. The van der Waals surface area contributed by atoms with Crippen molar-refractivity contribution in [1.82, 2.24) is 20.4 Å². The Morgan fingerprint density at radius 2 is 1.62 bits per heavy atom. The van der Waals surface area contributed by atoms with E-state index >= 15 is 0 Å². The number of nitrogens with zero attached hydrogens (tertiary/aromatic N) is 4. The summed E-state index contributed by atoms with van der Waals surface area (Å²) in [5, 5.41) is 5.18. The molecule has 0 saturated carbocycles. The first kappa shape index (κ1) is 17.3. The van der Waals surface area contributed by atoms with Gasteiger partial charge in [0.15, 0.2) is 11.7 Å². The number of imidazole rings is 1. The second-order valence-corrected chi connectivity index (χ2v) is 7.35. The fourth-order valence-corrected chi connectivity index (χ4v) is 3.76. The van der Waals surface area contributed by atoms with E-state index in [1.54, 1.807) is 17.6 Å². The van der Waals surface area contributed by atoms with Crippen LogP contribution in [0.15, 0.2) is 89.0 Å². The fraction of sp³-hybridized carbons (Fsp3) is 0. The summed E-state index contributed by atoms with van der Waals surface area (Å²) in [6, 6.07) is 25.6. The van der Waals surface area contributed by atoms with Gasteiger partial charge in [-0.2, -0.15) is 5.10 Å². The Hall–Kier alpha value is -3.84. The number of H-pyrrole nitrogens is 1. The molecule has 0 aliphatic heterocycles. The van der Waals surface area contributed by atoms with Gasteiger partial charge in [-0.05, 0) is 36.4 Å². The number of para-hydroxylation sites is 4. The number of hydrogen-bond acceptors (Lipinski definition) is 5. The topological polar surface area (TPSA) is 78.3 Å². The molecule has 29 heavy (non-hydrogen) atoms. The van der Waals surface area contributed by atoms with Crippen LogP contribution in [0.1, 0.15) is 10.8 Å². The van der Waals surface area contributed by atoms with Crippen molar-refractivity contribution in [3.05, 3.63) is 89.7 Å². The van der Waals surface area contributed by atoms with E-state index in [4.69, 9.17) is 0 Å². The van der Waals surface area contributed by atoms with Gasteiger partial charge < -0.3 is 4.98 Å². The third-order valence-electron chi connectivity index (χ3n) is 4.27. The van der Waals surface area contributed by atoms with Gasteiger partial charge in [0.25, 0.3) is 0 Å². The molecule has 0 amide bonds. The summed E-state index contributed by atoms with van der Waals surface area (Å²) in [5.41, 5.74) is 6.63. The Bertz CT molecular complexity index is 1270. The number of hydrogen-bond donors (Lipinski definition) is 2. The van der Waals surface area contributed by atoms with E-state index in [1.165, 1.54) is 0 Å². The van der Waals surface area contributed by atoms with Crippen molar-refractivity contribution < 1.29 is 0 Å². The molecular formula is C22H16N6S. The Kier molecular flexibility index (Phi) is 4.56. The predicted molar refractivity (Wildman–Crippen MR) is 119 cm³/mol. The molecule has 5 rings (SSSR count). The molecule has 6 nitrogen and oxygen atoms in total. The smallest absolute Gasteiger partial charge is 0.190 e. The molecule has 2 aromatic heterocycles. The molecule has 0 aliphatic carbocycles. The van der Waals surface area contributed by atoms with Crippen LogP contribution < -0.4 is 5.43 Å². The lowest BCUT2D eigenvalue weighted by Gasteiger charge is -2.02. The lowest BCUT2D eigenvalue weighted by molar-refractivity contribution is 1.01. The van der Waals surface area contributed by atoms with Gasteiger partial charge >= 0.3 is 0 Å². The normalized spacial score (nSPS) is 12.2. The highest BCUT2D eigenvalue weighted by atomic mass is 32.1. The maximum Gasteiger partial charge on any atom is 0.190 e. The van der Waals surface area contributed by atoms with Gasteiger partial charge in [-0.3, -0.25) is 5.43 Å². The summed E-state index contributed by atoms with van der Waals surface area (Å²) in [5.74, 6) is 1.15. The van der Waals surface area contributed by atoms with Crippen molar-refractivity contribution in [2.45, 2.75) is 0 Å². The molecule has 0 spiro atoms. The summed E-state index contributed by atoms with van der Waals surface area (Å²) in [4.78, 5) is 17.2. The standard InChI is InChI=1S/C22H16N6S/c1-2-8-15(9-3-1)24-22(21-26-16-10-4-5-11-17(16)27-21)28-23-14-20-25-18-12-6-7-13-19(18)29-20/h1-14H,(H,24,28)(H,26,27)/b23-14+. The van der Waals surface area contributed by atoms with Crippen molar-refractivity contribution in [1.29, 1.82) is 0 Å². The minimum absolute atomic E-state index is 0.532. The zero-order chi connectivity index (χ0) is 19.5. The minimum atomic E-state index is 0.532. The van der Waals surface area contributed by atoms with E-state index in [1.807, 2.05) is 72.8 Å². The van der Waals surface area contributed by atoms with E-state index in [0.29, 0.717) is 11.7 Å². The van der Waals surface area contributed by atoms with Crippen LogP contribution in [-0.4, -0.2) is 27.0 Å². The van der Waals surface area contributed by atoms with Gasteiger partial charge in [-0.25, -0.2) is 15.0 Å². The summed E-state index contributed by atoms with van der Waals surface area (Å²) in [7, 11) is 0. The lowest BCUT2D eigenvalue weighted by atomic mass is 10.3. The number of benzene rings is 3. The van der Waals surface area contributed by atoms with E-state index in [9.17, 15) is 0 Å². The lowest BCUT2D eigenvalue weighted by Crippen LogP contribution is -2.20. The van der Waals surface area contributed by atoms with Crippen LogP contribution in [-0.2, 0) is 0 Å². The number of hydrazone groups is 1. The van der Waals surface area contributed by atoms with Gasteiger partial charge in [0.1, 0.15) is 5.01 Å². The van der Waals surface area contributed by atoms with Gasteiger partial charge in [-0.15, -0.1) is 11.3 Å². The van der Waals surface area contributed by atoms with Crippen LogP contribution >= 0.6 is 11.3 Å². The van der Waals surface area contributed by atoms with Crippen LogP contribution in [0, 0.1) is 0 Å². The summed E-state index contributed by atoms with van der Waals surface area (Å²) < 4.78 is 1.13. The maximum atomic E-state index is 4.68. The average molecular weight is 396 g/mol. The number of aromatic nitrogens is 3. The molecule has 0 unspecified atom stereocenters. The molecular weight excluding hydrogens is 380 g/mol. The quantitative estimate of drug-likeness (QED) is 0.258. The van der Waals surface area contributed by atoms with E-state index in [0.717, 1.165) is 31.9 Å². The van der Waals surface area contributed by atoms with Crippen LogP contribution in [0.2, 0.25) is 0 Å². The van der Waals surface area contributed by atoms with E-state index < -0.39 is 0 Å². The summed E-state index contributed by atoms with van der Waals surface area (Å²) in [6.45, 7) is 0. The molecule has 0 atom stereocenters. The summed E-state index contributed by atoms with van der Waals surface area (Å²) in [6.07, 6.45) is 1.70. The first-order valence-electron chi connectivity index (χ1n) is 9.09. The third-order valence-corrected chi connectivity index (χ3v) is 5.24. The van der Waals surface area contributed by atoms with Gasteiger partial charge in [-0.1, -0.05) is 42.5 Å². The molecule has 3 aromatic carbocycles. The highest BCUT2D eigenvalue weighted by Gasteiger charge is 2.09. The third kappa shape index (κ3) is 3.76. The SMILES string of the molecule is C(=N\NC(=Nc1ccccc1)c1nc2ccccc2[nH]1)/c1nc2ccccc2s1. The van der Waals surface area contributed by atoms with Gasteiger partial charge in [0.2, 0.25) is 0 Å².